The Morgan fingerprint density at radius 1 is 0.875 bits per heavy atom. The van der Waals surface area contributed by atoms with Gasteiger partial charge in [0.05, 0.1) is 18.2 Å². The molecule has 13 heteroatoms. The van der Waals surface area contributed by atoms with Gasteiger partial charge in [-0.3, -0.25) is 0 Å². The van der Waals surface area contributed by atoms with Crippen LogP contribution in [0.5, 0.6) is 5.75 Å². The highest BCUT2D eigenvalue weighted by Gasteiger charge is 2.32. The minimum atomic E-state index is -4.88. The first-order valence-corrected chi connectivity index (χ1v) is 12.4. The minimum Gasteiger partial charge on any atom is -0.405 e. The fourth-order valence-corrected chi connectivity index (χ4v) is 5.64. The predicted molar refractivity (Wildman–Crippen MR) is 112 cm³/mol. The summed E-state index contributed by atoms with van der Waals surface area (Å²) in [4.78, 5) is 7.78. The van der Waals surface area contributed by atoms with Gasteiger partial charge in [-0.1, -0.05) is 36.4 Å². The van der Waals surface area contributed by atoms with Gasteiger partial charge in [-0.25, -0.2) is 26.8 Å². The molecule has 1 heterocycles. The normalized spacial score (nSPS) is 12.4. The minimum absolute atomic E-state index is 0.0970. The summed E-state index contributed by atoms with van der Waals surface area (Å²) in [6.45, 7) is 0. The number of benzene rings is 2. The third-order valence-electron chi connectivity index (χ3n) is 3.99. The van der Waals surface area contributed by atoms with E-state index < -0.39 is 38.1 Å². The number of anilines is 1. The number of alkyl halides is 3. The molecule has 0 saturated carbocycles. The molecule has 0 amide bonds. The van der Waals surface area contributed by atoms with Gasteiger partial charge in [0, 0.05) is 17.3 Å². The molecule has 0 bridgehead atoms. The van der Waals surface area contributed by atoms with E-state index >= 15 is 0 Å². The van der Waals surface area contributed by atoms with Crippen LogP contribution in [0.2, 0.25) is 0 Å². The van der Waals surface area contributed by atoms with Gasteiger partial charge in [-0.2, -0.15) is 0 Å². The highest BCUT2D eigenvalue weighted by Crippen LogP contribution is 2.35. The van der Waals surface area contributed by atoms with E-state index in [1.807, 2.05) is 0 Å². The van der Waals surface area contributed by atoms with Crippen molar-refractivity contribution in [1.29, 1.82) is 0 Å². The number of hydrogen-bond donors (Lipinski definition) is 0. The lowest BCUT2D eigenvalue weighted by molar-refractivity contribution is -0.274. The number of nitrogens with zero attached hydrogens (tertiary/aromatic N) is 3. The van der Waals surface area contributed by atoms with Crippen molar-refractivity contribution in [3.8, 4) is 28.1 Å². The maximum Gasteiger partial charge on any atom is 0.573 e. The number of hydrogen-bond acceptors (Lipinski definition) is 7. The highest BCUT2D eigenvalue weighted by molar-refractivity contribution is 8.09. The number of ether oxygens (including phenoxy) is 1. The molecule has 170 valence electrons. The van der Waals surface area contributed by atoms with Crippen LogP contribution in [0.1, 0.15) is 0 Å². The molecule has 32 heavy (non-hydrogen) atoms. The summed E-state index contributed by atoms with van der Waals surface area (Å²) in [5, 5.41) is 0. The first-order chi connectivity index (χ1) is 14.8. The topological polar surface area (TPSA) is 107 Å². The van der Waals surface area contributed by atoms with Gasteiger partial charge in [0.1, 0.15) is 5.75 Å². The Morgan fingerprint density at radius 3 is 2.12 bits per heavy atom. The van der Waals surface area contributed by atoms with Crippen molar-refractivity contribution in [2.75, 3.05) is 16.2 Å². The van der Waals surface area contributed by atoms with Crippen LogP contribution in [0.3, 0.4) is 0 Å². The van der Waals surface area contributed by atoms with Crippen molar-refractivity contribution >= 4 is 26.0 Å². The molecule has 3 rings (SSSR count). The summed E-state index contributed by atoms with van der Waals surface area (Å²) in [5.41, 5.74) is 1.07. The van der Waals surface area contributed by atoms with Crippen LogP contribution >= 0.6 is 0 Å². The van der Waals surface area contributed by atoms with E-state index in [0.29, 0.717) is 23.6 Å². The van der Waals surface area contributed by atoms with Crippen molar-refractivity contribution in [1.82, 2.24) is 9.97 Å². The monoisotopic (exact) mass is 487 g/mol. The SMILES string of the molecule is CS(=O)(=O)N(c1nccc(-c2cccc(-c3ccccc3OC(F)(F)F)c2)n1)S(C)(=O)=O. The Hall–Kier alpha value is -3.19. The molecule has 0 fully saturated rings. The summed E-state index contributed by atoms with van der Waals surface area (Å²) in [6, 6.07) is 13.2. The Morgan fingerprint density at radius 2 is 1.50 bits per heavy atom. The van der Waals surface area contributed by atoms with Gasteiger partial charge >= 0.3 is 6.36 Å². The van der Waals surface area contributed by atoms with E-state index in [-0.39, 0.29) is 15.0 Å². The van der Waals surface area contributed by atoms with E-state index in [9.17, 15) is 30.0 Å². The largest absolute Gasteiger partial charge is 0.573 e. The molecule has 1 aromatic heterocycles. The zero-order valence-corrected chi connectivity index (χ0v) is 18.2. The molecule has 0 unspecified atom stereocenters. The lowest BCUT2D eigenvalue weighted by Gasteiger charge is -2.18. The third kappa shape index (κ3) is 5.53. The fourth-order valence-electron chi connectivity index (χ4n) is 2.90. The maximum atomic E-state index is 12.8. The quantitative estimate of drug-likeness (QED) is 0.524. The van der Waals surface area contributed by atoms with Gasteiger partial charge in [0.25, 0.3) is 5.95 Å². The number of para-hydroxylation sites is 1. The zero-order valence-electron chi connectivity index (χ0n) is 16.6. The Balaban J connectivity index is 2.09. The first-order valence-electron chi connectivity index (χ1n) is 8.75. The van der Waals surface area contributed by atoms with Gasteiger partial charge < -0.3 is 4.74 Å². The van der Waals surface area contributed by atoms with Crippen molar-refractivity contribution in [3.63, 3.8) is 0 Å². The van der Waals surface area contributed by atoms with Gasteiger partial charge in [0.15, 0.2) is 0 Å². The Labute approximate surface area is 182 Å². The molecule has 0 spiro atoms. The Kier molecular flexibility index (Phi) is 6.15. The molecule has 8 nitrogen and oxygen atoms in total. The van der Waals surface area contributed by atoms with Crippen molar-refractivity contribution < 1.29 is 34.7 Å². The van der Waals surface area contributed by atoms with Gasteiger partial charge in [-0.15, -0.1) is 16.9 Å². The number of aromatic nitrogens is 2. The first kappa shape index (κ1) is 23.5. The van der Waals surface area contributed by atoms with Gasteiger partial charge in [-0.05, 0) is 23.8 Å². The summed E-state index contributed by atoms with van der Waals surface area (Å²) >= 11 is 0. The molecule has 0 N–H and O–H groups in total. The molecular formula is C19H16F3N3O5S2. The fraction of sp³-hybridized carbons (Fsp3) is 0.158. The molecule has 0 aliphatic heterocycles. The van der Waals surface area contributed by atoms with E-state index in [1.54, 1.807) is 24.3 Å². The van der Waals surface area contributed by atoms with Crippen LogP contribution < -0.4 is 8.45 Å². The number of sulfonamides is 2. The number of halogens is 3. The summed E-state index contributed by atoms with van der Waals surface area (Å²) < 4.78 is 90.4. The van der Waals surface area contributed by atoms with Crippen LogP contribution in [-0.4, -0.2) is 45.7 Å². The summed E-state index contributed by atoms with van der Waals surface area (Å²) in [6.07, 6.45) is -2.31. The second kappa shape index (κ2) is 8.39. The standard InChI is InChI=1S/C19H16F3N3O5S2/c1-31(26,27)25(32(2,28)29)18-23-11-10-16(24-18)14-7-5-6-13(12-14)15-8-3-4-9-17(15)30-19(20,21)22/h3-12H,1-2H3. The smallest absolute Gasteiger partial charge is 0.405 e. The van der Waals surface area contributed by atoms with Crippen LogP contribution in [0.4, 0.5) is 19.1 Å². The highest BCUT2D eigenvalue weighted by atomic mass is 32.3. The molecule has 0 atom stereocenters. The summed E-state index contributed by atoms with van der Waals surface area (Å²) in [5.74, 6) is -0.987. The molecule has 3 aromatic rings. The van der Waals surface area contributed by atoms with Crippen LogP contribution in [0.15, 0.2) is 60.8 Å². The van der Waals surface area contributed by atoms with Crippen molar-refractivity contribution in [2.24, 2.45) is 0 Å². The lowest BCUT2D eigenvalue weighted by atomic mass is 10.0. The van der Waals surface area contributed by atoms with Gasteiger partial charge in [0.2, 0.25) is 20.0 Å². The molecule has 2 aromatic carbocycles. The lowest BCUT2D eigenvalue weighted by Crippen LogP contribution is -2.36. The van der Waals surface area contributed by atoms with Crippen molar-refractivity contribution in [2.45, 2.75) is 6.36 Å². The van der Waals surface area contributed by atoms with Crippen molar-refractivity contribution in [3.05, 3.63) is 60.8 Å². The number of rotatable bonds is 6. The molecule has 0 aliphatic rings. The van der Waals surface area contributed by atoms with Crippen LogP contribution in [0, 0.1) is 0 Å². The molecule has 0 aliphatic carbocycles. The van der Waals surface area contributed by atoms with Crippen LogP contribution in [0.25, 0.3) is 22.4 Å². The van der Waals surface area contributed by atoms with E-state index in [4.69, 9.17) is 0 Å². The average molecular weight is 487 g/mol. The zero-order chi connectivity index (χ0) is 23.7. The molecule has 0 saturated heterocycles. The second-order valence-electron chi connectivity index (χ2n) is 6.59. The summed E-state index contributed by atoms with van der Waals surface area (Å²) in [7, 11) is -8.50. The molecule has 0 radical (unpaired) electrons. The second-order valence-corrected chi connectivity index (χ2v) is 10.5. The third-order valence-corrected chi connectivity index (χ3v) is 7.15. The average Bonchev–Trinajstić information content (AvgIpc) is 2.65. The predicted octanol–water partition coefficient (Wildman–Crippen LogP) is 3.43. The van der Waals surface area contributed by atoms with E-state index in [0.717, 1.165) is 0 Å². The Bertz CT molecular complexity index is 1330. The van der Waals surface area contributed by atoms with E-state index in [2.05, 4.69) is 14.7 Å². The van der Waals surface area contributed by atoms with Crippen LogP contribution in [-0.2, 0) is 20.0 Å². The maximum absolute atomic E-state index is 12.8. The van der Waals surface area contributed by atoms with E-state index in [1.165, 1.54) is 36.5 Å². The molecular weight excluding hydrogens is 471 g/mol.